The van der Waals surface area contributed by atoms with Crippen LogP contribution in [0.25, 0.3) is 0 Å². The standard InChI is InChI=1S/C13H20N2O3S/c1-10(11-5-3-6-12(14)9-11)13(16)15-7-4-8-19(2,17)18/h3,5-6,9-10H,4,7-8,14H2,1-2H3,(H,15,16). The fourth-order valence-corrected chi connectivity index (χ4v) is 2.35. The summed E-state index contributed by atoms with van der Waals surface area (Å²) < 4.78 is 21.9. The quantitative estimate of drug-likeness (QED) is 0.600. The zero-order valence-electron chi connectivity index (χ0n) is 11.2. The molecule has 0 bridgehead atoms. The van der Waals surface area contributed by atoms with Crippen molar-refractivity contribution in [2.45, 2.75) is 19.3 Å². The lowest BCUT2D eigenvalue weighted by Gasteiger charge is -2.12. The number of nitrogens with two attached hydrogens (primary N) is 1. The molecule has 1 aromatic carbocycles. The molecule has 1 unspecified atom stereocenters. The van der Waals surface area contributed by atoms with E-state index in [4.69, 9.17) is 5.73 Å². The average Bonchev–Trinajstić information content (AvgIpc) is 2.32. The van der Waals surface area contributed by atoms with Crippen molar-refractivity contribution in [3.8, 4) is 0 Å². The van der Waals surface area contributed by atoms with Crippen molar-refractivity contribution >= 4 is 21.4 Å². The SMILES string of the molecule is CC(C(=O)NCCCS(C)(=O)=O)c1cccc(N)c1. The molecule has 0 radical (unpaired) electrons. The lowest BCUT2D eigenvalue weighted by Crippen LogP contribution is -2.29. The van der Waals surface area contributed by atoms with Crippen molar-refractivity contribution < 1.29 is 13.2 Å². The largest absolute Gasteiger partial charge is 0.399 e. The Bertz CT molecular complexity index is 541. The Morgan fingerprint density at radius 3 is 2.68 bits per heavy atom. The minimum atomic E-state index is -2.97. The predicted octanol–water partition coefficient (Wildman–Crippen LogP) is 0.923. The van der Waals surface area contributed by atoms with Crippen LogP contribution >= 0.6 is 0 Å². The molecule has 1 rings (SSSR count). The minimum Gasteiger partial charge on any atom is -0.399 e. The average molecular weight is 284 g/mol. The van der Waals surface area contributed by atoms with Gasteiger partial charge in [-0.15, -0.1) is 0 Å². The molecule has 1 amide bonds. The van der Waals surface area contributed by atoms with Crippen molar-refractivity contribution in [1.29, 1.82) is 0 Å². The second kappa shape index (κ2) is 6.56. The summed E-state index contributed by atoms with van der Waals surface area (Å²) in [5, 5.41) is 2.73. The van der Waals surface area contributed by atoms with E-state index in [1.165, 1.54) is 6.26 Å². The first-order valence-electron chi connectivity index (χ1n) is 6.10. The molecule has 0 aromatic heterocycles. The number of benzene rings is 1. The van der Waals surface area contributed by atoms with Crippen molar-refractivity contribution in [3.63, 3.8) is 0 Å². The molecule has 1 atom stereocenters. The van der Waals surface area contributed by atoms with Gasteiger partial charge in [0.05, 0.1) is 11.7 Å². The number of hydrogen-bond acceptors (Lipinski definition) is 4. The van der Waals surface area contributed by atoms with Gasteiger partial charge >= 0.3 is 0 Å². The van der Waals surface area contributed by atoms with E-state index in [9.17, 15) is 13.2 Å². The van der Waals surface area contributed by atoms with E-state index in [2.05, 4.69) is 5.32 Å². The van der Waals surface area contributed by atoms with E-state index in [-0.39, 0.29) is 17.6 Å². The molecular weight excluding hydrogens is 264 g/mol. The van der Waals surface area contributed by atoms with Crippen LogP contribution in [0.3, 0.4) is 0 Å². The Morgan fingerprint density at radius 2 is 2.11 bits per heavy atom. The Balaban J connectivity index is 2.45. The molecule has 0 aliphatic heterocycles. The third-order valence-corrected chi connectivity index (χ3v) is 3.83. The number of anilines is 1. The van der Waals surface area contributed by atoms with Gasteiger partial charge in [-0.05, 0) is 31.0 Å². The zero-order valence-corrected chi connectivity index (χ0v) is 12.0. The Kier molecular flexibility index (Phi) is 5.35. The summed E-state index contributed by atoms with van der Waals surface area (Å²) in [5.74, 6) is -0.347. The highest BCUT2D eigenvalue weighted by Crippen LogP contribution is 2.17. The summed E-state index contributed by atoms with van der Waals surface area (Å²) in [6.07, 6.45) is 1.61. The van der Waals surface area contributed by atoms with Crippen LogP contribution in [-0.4, -0.2) is 32.9 Å². The van der Waals surface area contributed by atoms with Crippen molar-refractivity contribution in [1.82, 2.24) is 5.32 Å². The Hall–Kier alpha value is -1.56. The maximum Gasteiger partial charge on any atom is 0.227 e. The van der Waals surface area contributed by atoms with E-state index in [0.29, 0.717) is 18.7 Å². The third-order valence-electron chi connectivity index (χ3n) is 2.80. The monoisotopic (exact) mass is 284 g/mol. The second-order valence-corrected chi connectivity index (χ2v) is 6.93. The summed E-state index contributed by atoms with van der Waals surface area (Å²) in [6, 6.07) is 7.18. The smallest absolute Gasteiger partial charge is 0.227 e. The van der Waals surface area contributed by atoms with Crippen LogP contribution in [0.15, 0.2) is 24.3 Å². The van der Waals surface area contributed by atoms with Gasteiger partial charge in [0.15, 0.2) is 0 Å². The maximum absolute atomic E-state index is 11.9. The molecule has 3 N–H and O–H groups in total. The molecule has 0 fully saturated rings. The first-order valence-corrected chi connectivity index (χ1v) is 8.16. The van der Waals surface area contributed by atoms with Crippen molar-refractivity contribution in [2.75, 3.05) is 24.3 Å². The molecule has 0 saturated heterocycles. The van der Waals surface area contributed by atoms with Crippen LogP contribution in [0.1, 0.15) is 24.8 Å². The van der Waals surface area contributed by atoms with Crippen LogP contribution < -0.4 is 11.1 Å². The lowest BCUT2D eigenvalue weighted by molar-refractivity contribution is -0.122. The highest BCUT2D eigenvalue weighted by atomic mass is 32.2. The van der Waals surface area contributed by atoms with E-state index in [0.717, 1.165) is 5.56 Å². The molecule has 0 aliphatic carbocycles. The highest BCUT2D eigenvalue weighted by Gasteiger charge is 2.14. The number of sulfone groups is 1. The number of nitrogen functional groups attached to an aromatic ring is 1. The fourth-order valence-electron chi connectivity index (χ4n) is 1.68. The van der Waals surface area contributed by atoms with Crippen LogP contribution in [0.4, 0.5) is 5.69 Å². The van der Waals surface area contributed by atoms with Gasteiger partial charge in [0.2, 0.25) is 5.91 Å². The predicted molar refractivity (Wildman–Crippen MR) is 76.6 cm³/mol. The lowest BCUT2D eigenvalue weighted by atomic mass is 10.00. The summed E-state index contributed by atoms with van der Waals surface area (Å²) >= 11 is 0. The number of hydrogen-bond donors (Lipinski definition) is 2. The molecule has 5 nitrogen and oxygen atoms in total. The summed E-state index contributed by atoms with van der Waals surface area (Å²) in [4.78, 5) is 11.9. The molecular formula is C13H20N2O3S. The summed E-state index contributed by atoms with van der Waals surface area (Å²) in [6.45, 7) is 2.15. The second-order valence-electron chi connectivity index (χ2n) is 4.67. The van der Waals surface area contributed by atoms with Gasteiger partial charge in [-0.3, -0.25) is 4.79 Å². The van der Waals surface area contributed by atoms with Gasteiger partial charge in [-0.25, -0.2) is 8.42 Å². The topological polar surface area (TPSA) is 89.3 Å². The molecule has 6 heteroatoms. The van der Waals surface area contributed by atoms with Crippen molar-refractivity contribution in [2.24, 2.45) is 0 Å². The Morgan fingerprint density at radius 1 is 1.42 bits per heavy atom. The fraction of sp³-hybridized carbons (Fsp3) is 0.462. The summed E-state index contributed by atoms with van der Waals surface area (Å²) in [7, 11) is -2.97. The van der Waals surface area contributed by atoms with E-state index in [1.807, 2.05) is 6.07 Å². The van der Waals surface area contributed by atoms with Crippen LogP contribution in [-0.2, 0) is 14.6 Å². The number of amides is 1. The van der Waals surface area contributed by atoms with Gasteiger partial charge in [-0.2, -0.15) is 0 Å². The molecule has 1 aromatic rings. The minimum absolute atomic E-state index is 0.0833. The normalized spacial score (nSPS) is 12.9. The number of carbonyl (C=O) groups excluding carboxylic acids is 1. The van der Waals surface area contributed by atoms with Gasteiger partial charge in [-0.1, -0.05) is 12.1 Å². The first-order chi connectivity index (χ1) is 8.79. The molecule has 106 valence electrons. The van der Waals surface area contributed by atoms with E-state index >= 15 is 0 Å². The number of carbonyl (C=O) groups is 1. The van der Waals surface area contributed by atoms with E-state index < -0.39 is 9.84 Å². The third kappa shape index (κ3) is 5.74. The van der Waals surface area contributed by atoms with Gasteiger partial charge < -0.3 is 11.1 Å². The van der Waals surface area contributed by atoms with E-state index in [1.54, 1.807) is 25.1 Å². The molecule has 0 saturated carbocycles. The summed E-state index contributed by atoms with van der Waals surface area (Å²) in [5.41, 5.74) is 7.14. The molecule has 0 aliphatic rings. The number of nitrogens with one attached hydrogen (secondary N) is 1. The van der Waals surface area contributed by atoms with Crippen molar-refractivity contribution in [3.05, 3.63) is 29.8 Å². The highest BCUT2D eigenvalue weighted by molar-refractivity contribution is 7.90. The molecule has 19 heavy (non-hydrogen) atoms. The van der Waals surface area contributed by atoms with Gasteiger partial charge in [0.25, 0.3) is 0 Å². The first kappa shape index (κ1) is 15.5. The zero-order chi connectivity index (χ0) is 14.5. The van der Waals surface area contributed by atoms with Gasteiger partial charge in [0, 0.05) is 18.5 Å². The van der Waals surface area contributed by atoms with Crippen LogP contribution in [0.2, 0.25) is 0 Å². The van der Waals surface area contributed by atoms with Crippen LogP contribution in [0, 0.1) is 0 Å². The number of rotatable bonds is 6. The molecule has 0 heterocycles. The maximum atomic E-state index is 11.9. The van der Waals surface area contributed by atoms with Crippen LogP contribution in [0.5, 0.6) is 0 Å². The van der Waals surface area contributed by atoms with Gasteiger partial charge in [0.1, 0.15) is 9.84 Å². The molecule has 0 spiro atoms. The Labute approximate surface area is 114 Å².